The van der Waals surface area contributed by atoms with Crippen LogP contribution in [0.25, 0.3) is 11.3 Å². The van der Waals surface area contributed by atoms with Crippen molar-refractivity contribution >= 4 is 8.15 Å². The van der Waals surface area contributed by atoms with Crippen molar-refractivity contribution in [3.8, 4) is 11.3 Å². The first-order valence-electron chi connectivity index (χ1n) is 9.18. The van der Waals surface area contributed by atoms with E-state index in [0.717, 1.165) is 24.2 Å². The van der Waals surface area contributed by atoms with Crippen molar-refractivity contribution in [3.05, 3.63) is 53.7 Å². The zero-order chi connectivity index (χ0) is 18.2. The Morgan fingerprint density at radius 2 is 1.56 bits per heavy atom. The van der Waals surface area contributed by atoms with Gasteiger partial charge in [0.15, 0.2) is 0 Å². The Kier molecular flexibility index (Phi) is 5.06. The second-order valence-corrected chi connectivity index (χ2v) is 12.4. The van der Waals surface area contributed by atoms with Crippen LogP contribution in [0.1, 0.15) is 65.3 Å². The lowest BCUT2D eigenvalue weighted by atomic mass is 10.1. The Bertz CT molecular complexity index is 714. The molecule has 0 amide bonds. The van der Waals surface area contributed by atoms with Crippen molar-refractivity contribution < 1.29 is 4.52 Å². The number of fused-ring (bicyclic) bond motifs is 1. The number of aryl methyl sites for hydroxylation is 1. The second-order valence-electron chi connectivity index (χ2n) is 8.88. The Labute approximate surface area is 153 Å². The minimum atomic E-state index is -0.582. The molecule has 0 N–H and O–H groups in total. The van der Waals surface area contributed by atoms with E-state index in [-0.39, 0.29) is 16.4 Å². The quantitative estimate of drug-likeness (QED) is 0.568. The number of pyridine rings is 1. The van der Waals surface area contributed by atoms with E-state index >= 15 is 0 Å². The Balaban J connectivity index is 1.90. The lowest BCUT2D eigenvalue weighted by molar-refractivity contribution is 0.214. The molecule has 3 heteroatoms. The average molecular weight is 355 g/mol. The van der Waals surface area contributed by atoms with Crippen molar-refractivity contribution in [2.24, 2.45) is 0 Å². The van der Waals surface area contributed by atoms with E-state index in [9.17, 15) is 0 Å². The first-order chi connectivity index (χ1) is 11.7. The summed E-state index contributed by atoms with van der Waals surface area (Å²) in [6.45, 7) is 13.8. The molecule has 0 radical (unpaired) electrons. The molecule has 1 aromatic heterocycles. The van der Waals surface area contributed by atoms with E-state index in [0.29, 0.717) is 0 Å². The van der Waals surface area contributed by atoms with Crippen LogP contribution in [-0.4, -0.2) is 15.3 Å². The second kappa shape index (κ2) is 6.82. The van der Waals surface area contributed by atoms with Crippen molar-refractivity contribution in [1.29, 1.82) is 0 Å². The highest BCUT2D eigenvalue weighted by atomic mass is 31.1. The largest absolute Gasteiger partial charge is 0.349 e. The summed E-state index contributed by atoms with van der Waals surface area (Å²) in [5.41, 5.74) is 4.72. The molecule has 1 heterocycles. The smallest absolute Gasteiger partial charge is 0.104 e. The summed E-state index contributed by atoms with van der Waals surface area (Å²) in [6.07, 6.45) is 2.24. The van der Waals surface area contributed by atoms with Gasteiger partial charge in [-0.25, -0.2) is 4.98 Å². The first-order valence-corrected chi connectivity index (χ1v) is 10.4. The molecule has 1 aliphatic rings. The van der Waals surface area contributed by atoms with Crippen LogP contribution in [0.3, 0.4) is 0 Å². The van der Waals surface area contributed by atoms with Gasteiger partial charge in [0.1, 0.15) is 6.10 Å². The van der Waals surface area contributed by atoms with Gasteiger partial charge in [0.25, 0.3) is 0 Å². The molecule has 0 spiro atoms. The zero-order valence-corrected chi connectivity index (χ0v) is 17.2. The third kappa shape index (κ3) is 4.13. The fourth-order valence-corrected chi connectivity index (χ4v) is 6.84. The van der Waals surface area contributed by atoms with Crippen molar-refractivity contribution in [2.75, 3.05) is 0 Å². The molecule has 2 nitrogen and oxygen atoms in total. The summed E-state index contributed by atoms with van der Waals surface area (Å²) in [6, 6.07) is 14.8. The number of aromatic nitrogens is 1. The van der Waals surface area contributed by atoms with E-state index in [1.807, 2.05) is 6.07 Å². The van der Waals surface area contributed by atoms with Gasteiger partial charge in [0.05, 0.1) is 11.4 Å². The third-order valence-corrected chi connectivity index (χ3v) is 7.42. The van der Waals surface area contributed by atoms with Crippen molar-refractivity contribution in [2.45, 2.75) is 70.8 Å². The molecule has 0 aliphatic heterocycles. The fourth-order valence-electron chi connectivity index (χ4n) is 3.74. The first kappa shape index (κ1) is 18.5. The van der Waals surface area contributed by atoms with Crippen LogP contribution in [-0.2, 0) is 10.9 Å². The summed E-state index contributed by atoms with van der Waals surface area (Å²) in [5, 5.41) is 0.320. The molecular weight excluding hydrogens is 325 g/mol. The maximum Gasteiger partial charge on any atom is 0.104 e. The summed E-state index contributed by atoms with van der Waals surface area (Å²) in [4.78, 5) is 5.01. The van der Waals surface area contributed by atoms with Crippen LogP contribution in [0.2, 0.25) is 0 Å². The predicted octanol–water partition coefficient (Wildman–Crippen LogP) is 6.75. The molecule has 3 rings (SSSR count). The van der Waals surface area contributed by atoms with Crippen LogP contribution >= 0.6 is 8.15 Å². The molecule has 0 saturated carbocycles. The molecule has 0 bridgehead atoms. The Morgan fingerprint density at radius 3 is 2.16 bits per heavy atom. The van der Waals surface area contributed by atoms with Crippen molar-refractivity contribution in [1.82, 2.24) is 4.98 Å². The lowest BCUT2D eigenvalue weighted by Gasteiger charge is -2.41. The minimum absolute atomic E-state index is 0.128. The van der Waals surface area contributed by atoms with Gasteiger partial charge in [-0.3, -0.25) is 0 Å². The Hall–Kier alpha value is -1.24. The molecule has 134 valence electrons. The van der Waals surface area contributed by atoms with Gasteiger partial charge in [0, 0.05) is 24.0 Å². The highest BCUT2D eigenvalue weighted by Crippen LogP contribution is 2.63. The monoisotopic (exact) mass is 355 g/mol. The Morgan fingerprint density at radius 1 is 0.920 bits per heavy atom. The van der Waals surface area contributed by atoms with E-state index in [4.69, 9.17) is 9.51 Å². The maximum atomic E-state index is 6.76. The van der Waals surface area contributed by atoms with Gasteiger partial charge in [-0.2, -0.15) is 0 Å². The van der Waals surface area contributed by atoms with E-state index in [1.54, 1.807) is 0 Å². The van der Waals surface area contributed by atoms with Gasteiger partial charge < -0.3 is 4.52 Å². The van der Waals surface area contributed by atoms with Gasteiger partial charge in [-0.15, -0.1) is 0 Å². The SMILES string of the molecule is CC(C)(C)P(OC1CCc2ccc(-c3ccccc3)nc21)C(C)(C)C. The molecular formula is C22H30NOP. The number of benzene rings is 1. The van der Waals surface area contributed by atoms with Gasteiger partial charge in [-0.05, 0) is 24.5 Å². The van der Waals surface area contributed by atoms with Crippen LogP contribution in [0.4, 0.5) is 0 Å². The maximum absolute atomic E-state index is 6.76. The normalized spacial score (nSPS) is 17.8. The van der Waals surface area contributed by atoms with Crippen LogP contribution in [0, 0.1) is 0 Å². The molecule has 25 heavy (non-hydrogen) atoms. The molecule has 2 aromatic rings. The molecule has 1 aromatic carbocycles. The summed E-state index contributed by atoms with van der Waals surface area (Å²) in [7, 11) is -0.582. The summed E-state index contributed by atoms with van der Waals surface area (Å²) >= 11 is 0. The molecule has 0 fully saturated rings. The average Bonchev–Trinajstić information content (AvgIpc) is 2.93. The summed E-state index contributed by atoms with van der Waals surface area (Å²) in [5.74, 6) is 0. The fraction of sp³-hybridized carbons (Fsp3) is 0.500. The third-order valence-electron chi connectivity index (χ3n) is 4.51. The molecule has 0 saturated heterocycles. The van der Waals surface area contributed by atoms with Gasteiger partial charge in [0.2, 0.25) is 0 Å². The number of nitrogens with zero attached hydrogens (tertiary/aromatic N) is 1. The predicted molar refractivity (Wildman–Crippen MR) is 108 cm³/mol. The highest BCUT2D eigenvalue weighted by molar-refractivity contribution is 7.55. The van der Waals surface area contributed by atoms with Crippen LogP contribution in [0.15, 0.2) is 42.5 Å². The lowest BCUT2D eigenvalue weighted by Crippen LogP contribution is -2.27. The number of hydrogen-bond acceptors (Lipinski definition) is 2. The number of hydrogen-bond donors (Lipinski definition) is 0. The summed E-state index contributed by atoms with van der Waals surface area (Å²) < 4.78 is 6.76. The minimum Gasteiger partial charge on any atom is -0.349 e. The van der Waals surface area contributed by atoms with Gasteiger partial charge in [-0.1, -0.05) is 77.9 Å². The van der Waals surface area contributed by atoms with Crippen LogP contribution < -0.4 is 0 Å². The van der Waals surface area contributed by atoms with Crippen LogP contribution in [0.5, 0.6) is 0 Å². The van der Waals surface area contributed by atoms with Crippen molar-refractivity contribution in [3.63, 3.8) is 0 Å². The molecule has 1 unspecified atom stereocenters. The van der Waals surface area contributed by atoms with E-state index in [1.165, 1.54) is 11.1 Å². The van der Waals surface area contributed by atoms with E-state index < -0.39 is 8.15 Å². The topological polar surface area (TPSA) is 22.1 Å². The molecule has 1 aliphatic carbocycles. The van der Waals surface area contributed by atoms with Gasteiger partial charge >= 0.3 is 0 Å². The van der Waals surface area contributed by atoms with E-state index in [2.05, 4.69) is 77.9 Å². The number of rotatable bonds is 3. The highest BCUT2D eigenvalue weighted by Gasteiger charge is 2.39. The zero-order valence-electron chi connectivity index (χ0n) is 16.3. The standard InChI is InChI=1S/C22H30NOP/c1-21(2,3)25(22(4,5)6)24-19-15-13-17-12-14-18(23-20(17)19)16-10-8-7-9-11-16/h7-12,14,19H,13,15H2,1-6H3. The molecule has 1 atom stereocenters.